The Kier molecular flexibility index (Phi) is 3.87. The van der Waals surface area contributed by atoms with Crippen molar-refractivity contribution in [3.05, 3.63) is 35.1 Å². The van der Waals surface area contributed by atoms with Gasteiger partial charge in [-0.25, -0.2) is 4.39 Å². The second-order valence-corrected chi connectivity index (χ2v) is 6.59. The number of nitrogens with two attached hydrogens (primary N) is 1. The zero-order valence-corrected chi connectivity index (χ0v) is 12.6. The van der Waals surface area contributed by atoms with Gasteiger partial charge in [0, 0.05) is 18.0 Å². The van der Waals surface area contributed by atoms with E-state index in [9.17, 15) is 9.18 Å². The number of rotatable bonds is 1. The Labute approximate surface area is 120 Å². The van der Waals surface area contributed by atoms with E-state index in [4.69, 9.17) is 5.73 Å². The van der Waals surface area contributed by atoms with Crippen LogP contribution in [0.25, 0.3) is 0 Å². The molecular formula is C16H23FN2O. The van der Waals surface area contributed by atoms with E-state index in [2.05, 4.69) is 0 Å². The van der Waals surface area contributed by atoms with Crippen LogP contribution in [0.5, 0.6) is 0 Å². The number of hydrogen-bond donors (Lipinski definition) is 1. The van der Waals surface area contributed by atoms with Gasteiger partial charge >= 0.3 is 0 Å². The van der Waals surface area contributed by atoms with Crippen molar-refractivity contribution in [1.29, 1.82) is 0 Å². The molecule has 0 aliphatic carbocycles. The van der Waals surface area contributed by atoms with Gasteiger partial charge < -0.3 is 10.6 Å². The molecule has 1 aliphatic rings. The standard InChI is InChI=1S/C16H23FN2O/c1-10-9-11(5-6-12(10)17)15-13(18)7-8-14(20)19(15)16(2,3)4/h5-6,9,13,15H,7-8,18H2,1-4H3. The molecule has 1 aliphatic heterocycles. The Morgan fingerprint density at radius 2 is 2.00 bits per heavy atom. The quantitative estimate of drug-likeness (QED) is 0.858. The number of amides is 1. The van der Waals surface area contributed by atoms with Crippen LogP contribution in [0.4, 0.5) is 4.39 Å². The molecule has 4 heteroatoms. The second-order valence-electron chi connectivity index (χ2n) is 6.59. The van der Waals surface area contributed by atoms with E-state index in [1.165, 1.54) is 6.07 Å². The molecule has 2 N–H and O–H groups in total. The summed E-state index contributed by atoms with van der Waals surface area (Å²) >= 11 is 0. The largest absolute Gasteiger partial charge is 0.329 e. The third-order valence-corrected chi connectivity index (χ3v) is 3.89. The maximum absolute atomic E-state index is 13.5. The van der Waals surface area contributed by atoms with Crippen LogP contribution in [-0.4, -0.2) is 22.4 Å². The van der Waals surface area contributed by atoms with Gasteiger partial charge in [0.25, 0.3) is 0 Å². The minimum absolute atomic E-state index is 0.114. The van der Waals surface area contributed by atoms with Crippen LogP contribution < -0.4 is 5.73 Å². The summed E-state index contributed by atoms with van der Waals surface area (Å²) < 4.78 is 13.5. The van der Waals surface area contributed by atoms with Crippen molar-refractivity contribution in [1.82, 2.24) is 4.90 Å². The third kappa shape index (κ3) is 2.70. The fraction of sp³-hybridized carbons (Fsp3) is 0.562. The molecular weight excluding hydrogens is 255 g/mol. The molecule has 1 aromatic carbocycles. The summed E-state index contributed by atoms with van der Waals surface area (Å²) in [5.74, 6) is -0.113. The van der Waals surface area contributed by atoms with Crippen molar-refractivity contribution in [2.75, 3.05) is 0 Å². The molecule has 0 bridgehead atoms. The number of carbonyl (C=O) groups is 1. The number of halogens is 1. The van der Waals surface area contributed by atoms with Crippen LogP contribution >= 0.6 is 0 Å². The van der Waals surface area contributed by atoms with Crippen molar-refractivity contribution in [3.63, 3.8) is 0 Å². The lowest BCUT2D eigenvalue weighted by Gasteiger charge is -2.47. The highest BCUT2D eigenvalue weighted by atomic mass is 19.1. The predicted molar refractivity (Wildman–Crippen MR) is 77.7 cm³/mol. The molecule has 0 aromatic heterocycles. The van der Waals surface area contributed by atoms with Gasteiger partial charge in [0.15, 0.2) is 0 Å². The SMILES string of the molecule is Cc1cc(C2C(N)CCC(=O)N2C(C)(C)C)ccc1F. The topological polar surface area (TPSA) is 46.3 Å². The number of likely N-dealkylation sites (tertiary alicyclic amines) is 1. The van der Waals surface area contributed by atoms with Gasteiger partial charge in [0.2, 0.25) is 5.91 Å². The van der Waals surface area contributed by atoms with Gasteiger partial charge in [0.05, 0.1) is 6.04 Å². The van der Waals surface area contributed by atoms with Crippen LogP contribution in [0.1, 0.15) is 50.8 Å². The van der Waals surface area contributed by atoms with Gasteiger partial charge in [-0.15, -0.1) is 0 Å². The molecule has 2 unspecified atom stereocenters. The van der Waals surface area contributed by atoms with E-state index in [0.717, 1.165) is 5.56 Å². The minimum atomic E-state index is -0.303. The first-order valence-electron chi connectivity index (χ1n) is 7.05. The average Bonchev–Trinajstić information content (AvgIpc) is 2.34. The fourth-order valence-corrected chi connectivity index (χ4v) is 2.95. The summed E-state index contributed by atoms with van der Waals surface area (Å²) in [6.45, 7) is 7.75. The number of hydrogen-bond acceptors (Lipinski definition) is 2. The van der Waals surface area contributed by atoms with Crippen molar-refractivity contribution < 1.29 is 9.18 Å². The first kappa shape index (κ1) is 15.0. The van der Waals surface area contributed by atoms with Crippen molar-refractivity contribution in [2.24, 2.45) is 5.73 Å². The van der Waals surface area contributed by atoms with E-state index in [1.807, 2.05) is 25.7 Å². The van der Waals surface area contributed by atoms with Gasteiger partial charge in [-0.2, -0.15) is 0 Å². The molecule has 1 fully saturated rings. The highest BCUT2D eigenvalue weighted by molar-refractivity contribution is 5.78. The second kappa shape index (κ2) is 5.17. The first-order valence-corrected chi connectivity index (χ1v) is 7.05. The number of carbonyl (C=O) groups excluding carboxylic acids is 1. The summed E-state index contributed by atoms with van der Waals surface area (Å²) in [6, 6.07) is 4.70. The molecule has 0 radical (unpaired) electrons. The number of nitrogens with zero attached hydrogens (tertiary/aromatic N) is 1. The predicted octanol–water partition coefficient (Wildman–Crippen LogP) is 2.92. The number of benzene rings is 1. The Bertz CT molecular complexity index is 522. The van der Waals surface area contributed by atoms with Crippen molar-refractivity contribution in [3.8, 4) is 0 Å². The number of aryl methyl sites for hydroxylation is 1. The molecule has 1 amide bonds. The molecule has 2 atom stereocenters. The summed E-state index contributed by atoms with van der Waals surface area (Å²) in [5.41, 5.74) is 7.46. The molecule has 1 heterocycles. The van der Waals surface area contributed by atoms with E-state index < -0.39 is 0 Å². The Hall–Kier alpha value is -1.42. The van der Waals surface area contributed by atoms with E-state index in [-0.39, 0.29) is 29.3 Å². The summed E-state index contributed by atoms with van der Waals surface area (Å²) in [4.78, 5) is 14.2. The van der Waals surface area contributed by atoms with Gasteiger partial charge in [-0.3, -0.25) is 4.79 Å². The van der Waals surface area contributed by atoms with Gasteiger partial charge in [-0.05, 0) is 51.3 Å². The van der Waals surface area contributed by atoms with Gasteiger partial charge in [0.1, 0.15) is 5.82 Å². The zero-order valence-electron chi connectivity index (χ0n) is 12.6. The molecule has 20 heavy (non-hydrogen) atoms. The first-order chi connectivity index (χ1) is 9.21. The highest BCUT2D eigenvalue weighted by Gasteiger charge is 2.40. The molecule has 0 spiro atoms. The van der Waals surface area contributed by atoms with E-state index >= 15 is 0 Å². The molecule has 2 rings (SSSR count). The zero-order chi connectivity index (χ0) is 15.1. The third-order valence-electron chi connectivity index (χ3n) is 3.89. The van der Waals surface area contributed by atoms with Gasteiger partial charge in [-0.1, -0.05) is 12.1 Å². The lowest BCUT2D eigenvalue weighted by Crippen LogP contribution is -2.56. The monoisotopic (exact) mass is 278 g/mol. The molecule has 110 valence electrons. The van der Waals surface area contributed by atoms with Crippen molar-refractivity contribution in [2.45, 2.75) is 58.2 Å². The Balaban J connectivity index is 2.47. The van der Waals surface area contributed by atoms with Crippen LogP contribution in [0, 0.1) is 12.7 Å². The maximum Gasteiger partial charge on any atom is 0.223 e. The molecule has 3 nitrogen and oxygen atoms in total. The lowest BCUT2D eigenvalue weighted by molar-refractivity contribution is -0.144. The minimum Gasteiger partial charge on any atom is -0.329 e. The maximum atomic E-state index is 13.5. The summed E-state index contributed by atoms with van der Waals surface area (Å²) in [7, 11) is 0. The molecule has 1 aromatic rings. The summed E-state index contributed by atoms with van der Waals surface area (Å²) in [5, 5.41) is 0. The van der Waals surface area contributed by atoms with Crippen LogP contribution in [0.3, 0.4) is 0 Å². The normalized spacial score (nSPS) is 24.1. The highest BCUT2D eigenvalue weighted by Crippen LogP contribution is 2.36. The Morgan fingerprint density at radius 1 is 1.35 bits per heavy atom. The van der Waals surface area contributed by atoms with E-state index in [0.29, 0.717) is 18.4 Å². The van der Waals surface area contributed by atoms with Crippen LogP contribution in [0.15, 0.2) is 18.2 Å². The lowest BCUT2D eigenvalue weighted by atomic mass is 9.86. The average molecular weight is 278 g/mol. The molecule has 0 saturated carbocycles. The fourth-order valence-electron chi connectivity index (χ4n) is 2.95. The van der Waals surface area contributed by atoms with Crippen molar-refractivity contribution >= 4 is 5.91 Å². The number of piperidine rings is 1. The molecule has 1 saturated heterocycles. The van der Waals surface area contributed by atoms with Crippen LogP contribution in [-0.2, 0) is 4.79 Å². The summed E-state index contributed by atoms with van der Waals surface area (Å²) in [6.07, 6.45) is 1.15. The Morgan fingerprint density at radius 3 is 2.55 bits per heavy atom. The smallest absolute Gasteiger partial charge is 0.223 e. The van der Waals surface area contributed by atoms with E-state index in [1.54, 1.807) is 19.1 Å². The van der Waals surface area contributed by atoms with Crippen LogP contribution in [0.2, 0.25) is 0 Å².